The van der Waals surface area contributed by atoms with Crippen LogP contribution in [-0.4, -0.2) is 22.0 Å². The third-order valence-electron chi connectivity index (χ3n) is 5.02. The SMILES string of the molecule is CCCCCC[C@H](O)[C@H]1c2ccccc2C(=O)N1Cc1ccccc1. The van der Waals surface area contributed by atoms with Gasteiger partial charge in [-0.3, -0.25) is 4.79 Å². The van der Waals surface area contributed by atoms with E-state index in [1.54, 1.807) is 0 Å². The summed E-state index contributed by atoms with van der Waals surface area (Å²) in [5, 5.41) is 10.9. The summed E-state index contributed by atoms with van der Waals surface area (Å²) in [7, 11) is 0. The highest BCUT2D eigenvalue weighted by Gasteiger charge is 2.40. The predicted molar refractivity (Wildman–Crippen MR) is 100 cm³/mol. The van der Waals surface area contributed by atoms with Crippen LogP contribution in [0, 0.1) is 0 Å². The third kappa shape index (κ3) is 3.93. The van der Waals surface area contributed by atoms with Crippen molar-refractivity contribution in [3.05, 3.63) is 71.3 Å². The zero-order valence-corrected chi connectivity index (χ0v) is 14.9. The summed E-state index contributed by atoms with van der Waals surface area (Å²) < 4.78 is 0. The van der Waals surface area contributed by atoms with Crippen LogP contribution >= 0.6 is 0 Å². The summed E-state index contributed by atoms with van der Waals surface area (Å²) >= 11 is 0. The summed E-state index contributed by atoms with van der Waals surface area (Å²) in [5.41, 5.74) is 2.79. The Balaban J connectivity index is 1.81. The molecule has 1 heterocycles. The first-order valence-corrected chi connectivity index (χ1v) is 9.34. The highest BCUT2D eigenvalue weighted by Crippen LogP contribution is 2.38. The Morgan fingerprint density at radius 1 is 1.00 bits per heavy atom. The van der Waals surface area contributed by atoms with E-state index in [9.17, 15) is 9.90 Å². The third-order valence-corrected chi connectivity index (χ3v) is 5.02. The van der Waals surface area contributed by atoms with Gasteiger partial charge in [-0.25, -0.2) is 0 Å². The fourth-order valence-corrected chi connectivity index (χ4v) is 3.70. The number of aliphatic hydroxyl groups excluding tert-OH is 1. The number of benzene rings is 2. The molecule has 2 aromatic rings. The normalized spacial score (nSPS) is 17.6. The number of unbranched alkanes of at least 4 members (excludes halogenated alkanes) is 3. The van der Waals surface area contributed by atoms with Crippen LogP contribution in [-0.2, 0) is 6.54 Å². The number of hydrogen-bond acceptors (Lipinski definition) is 2. The van der Waals surface area contributed by atoms with Gasteiger partial charge >= 0.3 is 0 Å². The highest BCUT2D eigenvalue weighted by molar-refractivity contribution is 5.99. The van der Waals surface area contributed by atoms with Gasteiger partial charge in [0.15, 0.2) is 0 Å². The minimum atomic E-state index is -0.520. The van der Waals surface area contributed by atoms with Crippen molar-refractivity contribution in [1.29, 1.82) is 0 Å². The van der Waals surface area contributed by atoms with Crippen LogP contribution < -0.4 is 0 Å². The van der Waals surface area contributed by atoms with E-state index in [1.165, 1.54) is 12.8 Å². The van der Waals surface area contributed by atoms with Gasteiger partial charge in [-0.15, -0.1) is 0 Å². The summed E-state index contributed by atoms with van der Waals surface area (Å²) in [5.74, 6) is 0.0251. The molecular weight excluding hydrogens is 310 g/mol. The first kappa shape index (κ1) is 17.7. The van der Waals surface area contributed by atoms with Crippen LogP contribution in [0.2, 0.25) is 0 Å². The second kappa shape index (κ2) is 8.30. The molecule has 25 heavy (non-hydrogen) atoms. The zero-order chi connectivity index (χ0) is 17.6. The van der Waals surface area contributed by atoms with Crippen molar-refractivity contribution in [2.75, 3.05) is 0 Å². The molecular formula is C22H27NO2. The van der Waals surface area contributed by atoms with Crippen LogP contribution in [0.4, 0.5) is 0 Å². The van der Waals surface area contributed by atoms with Crippen LogP contribution in [0.25, 0.3) is 0 Å². The molecule has 0 aliphatic carbocycles. The van der Waals surface area contributed by atoms with Crippen molar-refractivity contribution in [2.45, 2.75) is 57.7 Å². The van der Waals surface area contributed by atoms with E-state index < -0.39 is 6.10 Å². The lowest BCUT2D eigenvalue weighted by Gasteiger charge is -2.29. The molecule has 0 saturated carbocycles. The lowest BCUT2D eigenvalue weighted by Crippen LogP contribution is -2.34. The number of nitrogens with zero attached hydrogens (tertiary/aromatic N) is 1. The number of carbonyl (C=O) groups is 1. The van der Waals surface area contributed by atoms with Gasteiger partial charge in [0.25, 0.3) is 5.91 Å². The molecule has 0 unspecified atom stereocenters. The van der Waals surface area contributed by atoms with Gasteiger partial charge in [-0.1, -0.05) is 81.1 Å². The highest BCUT2D eigenvalue weighted by atomic mass is 16.3. The summed E-state index contributed by atoms with van der Waals surface area (Å²) in [6.45, 7) is 2.72. The van der Waals surface area contributed by atoms with E-state index in [1.807, 2.05) is 59.5 Å². The van der Waals surface area contributed by atoms with Crippen molar-refractivity contribution < 1.29 is 9.90 Å². The van der Waals surface area contributed by atoms with Crippen LogP contribution in [0.5, 0.6) is 0 Å². The molecule has 132 valence electrons. The van der Waals surface area contributed by atoms with E-state index in [4.69, 9.17) is 0 Å². The van der Waals surface area contributed by atoms with E-state index in [2.05, 4.69) is 6.92 Å². The minimum Gasteiger partial charge on any atom is -0.391 e. The fourth-order valence-electron chi connectivity index (χ4n) is 3.70. The number of fused-ring (bicyclic) bond motifs is 1. The topological polar surface area (TPSA) is 40.5 Å². The summed E-state index contributed by atoms with van der Waals surface area (Å²) in [6.07, 6.45) is 4.72. The molecule has 0 saturated heterocycles. The van der Waals surface area contributed by atoms with Gasteiger partial charge in [-0.05, 0) is 23.6 Å². The monoisotopic (exact) mass is 337 g/mol. The van der Waals surface area contributed by atoms with Gasteiger partial charge in [-0.2, -0.15) is 0 Å². The van der Waals surface area contributed by atoms with E-state index in [0.29, 0.717) is 6.54 Å². The molecule has 2 atom stereocenters. The molecule has 0 bridgehead atoms. The van der Waals surface area contributed by atoms with Gasteiger partial charge < -0.3 is 10.0 Å². The summed E-state index contributed by atoms with van der Waals surface area (Å²) in [4.78, 5) is 14.7. The maximum Gasteiger partial charge on any atom is 0.255 e. The Kier molecular flexibility index (Phi) is 5.87. The first-order chi connectivity index (χ1) is 12.2. The molecule has 3 heteroatoms. The van der Waals surface area contributed by atoms with Crippen molar-refractivity contribution in [2.24, 2.45) is 0 Å². The molecule has 1 amide bonds. The van der Waals surface area contributed by atoms with Crippen LogP contribution in [0.3, 0.4) is 0 Å². The minimum absolute atomic E-state index is 0.0251. The van der Waals surface area contributed by atoms with Crippen molar-refractivity contribution >= 4 is 5.91 Å². The van der Waals surface area contributed by atoms with Gasteiger partial charge in [0.1, 0.15) is 0 Å². The summed E-state index contributed by atoms with van der Waals surface area (Å²) in [6, 6.07) is 17.5. The standard InChI is InChI=1S/C22H27NO2/c1-2-3-4-8-15-20(24)21-18-13-9-10-14-19(18)22(25)23(21)16-17-11-6-5-7-12-17/h5-7,9-14,20-21,24H,2-4,8,15-16H2,1H3/t20-,21+/m0/s1. The molecule has 0 spiro atoms. The van der Waals surface area contributed by atoms with E-state index >= 15 is 0 Å². The Morgan fingerprint density at radius 2 is 1.72 bits per heavy atom. The molecule has 0 fully saturated rings. The lowest BCUT2D eigenvalue weighted by molar-refractivity contribution is 0.0365. The lowest BCUT2D eigenvalue weighted by atomic mass is 9.96. The second-order valence-electron chi connectivity index (χ2n) is 6.87. The van der Waals surface area contributed by atoms with Gasteiger partial charge in [0.05, 0.1) is 12.1 Å². The molecule has 1 N–H and O–H groups in total. The maximum absolute atomic E-state index is 12.9. The average molecular weight is 337 g/mol. The Hall–Kier alpha value is -2.13. The molecule has 2 aromatic carbocycles. The van der Waals surface area contributed by atoms with Gasteiger partial charge in [0.2, 0.25) is 0 Å². The Bertz CT molecular complexity index is 698. The zero-order valence-electron chi connectivity index (χ0n) is 14.9. The van der Waals surface area contributed by atoms with Crippen LogP contribution in [0.1, 0.15) is 66.6 Å². The Labute approximate surface area is 150 Å². The Morgan fingerprint density at radius 3 is 2.48 bits per heavy atom. The number of aliphatic hydroxyl groups is 1. The largest absolute Gasteiger partial charge is 0.391 e. The fraction of sp³-hybridized carbons (Fsp3) is 0.409. The van der Waals surface area contributed by atoms with Crippen molar-refractivity contribution in [3.8, 4) is 0 Å². The average Bonchev–Trinajstić information content (AvgIpc) is 2.92. The molecule has 3 nitrogen and oxygen atoms in total. The first-order valence-electron chi connectivity index (χ1n) is 9.34. The number of rotatable bonds is 8. The smallest absolute Gasteiger partial charge is 0.255 e. The molecule has 1 aliphatic rings. The molecule has 3 rings (SSSR count). The quantitative estimate of drug-likeness (QED) is 0.708. The van der Waals surface area contributed by atoms with Crippen molar-refractivity contribution in [1.82, 2.24) is 4.90 Å². The van der Waals surface area contributed by atoms with Gasteiger partial charge in [0, 0.05) is 12.1 Å². The molecule has 0 aromatic heterocycles. The van der Waals surface area contributed by atoms with E-state index in [-0.39, 0.29) is 11.9 Å². The number of amides is 1. The predicted octanol–water partition coefficient (Wildman–Crippen LogP) is 4.72. The number of hydrogen-bond donors (Lipinski definition) is 1. The van der Waals surface area contributed by atoms with Crippen LogP contribution in [0.15, 0.2) is 54.6 Å². The van der Waals surface area contributed by atoms with E-state index in [0.717, 1.165) is 36.0 Å². The second-order valence-corrected chi connectivity index (χ2v) is 6.87. The number of carbonyl (C=O) groups excluding carboxylic acids is 1. The molecule has 0 radical (unpaired) electrons. The molecule has 1 aliphatic heterocycles. The maximum atomic E-state index is 12.9. The van der Waals surface area contributed by atoms with Crippen molar-refractivity contribution in [3.63, 3.8) is 0 Å².